The van der Waals surface area contributed by atoms with Gasteiger partial charge in [0.05, 0.1) is 23.5 Å². The number of nitrogens with one attached hydrogen (secondary N) is 1. The van der Waals surface area contributed by atoms with Gasteiger partial charge in [0, 0.05) is 18.8 Å². The molecule has 0 aromatic carbocycles. The largest absolute Gasteiger partial charge is 0.382 e. The molecule has 22 heavy (non-hydrogen) atoms. The molecule has 3 N–H and O–H groups in total. The summed E-state index contributed by atoms with van der Waals surface area (Å²) in [5.41, 5.74) is 7.61. The molecule has 114 valence electrons. The average Bonchev–Trinajstić information content (AvgIpc) is 3.09. The van der Waals surface area contributed by atoms with E-state index in [1.54, 1.807) is 16.5 Å². The van der Waals surface area contributed by atoms with Crippen molar-refractivity contribution in [3.63, 3.8) is 0 Å². The summed E-state index contributed by atoms with van der Waals surface area (Å²) < 4.78 is 1.80. The summed E-state index contributed by atoms with van der Waals surface area (Å²) in [7, 11) is 0. The monoisotopic (exact) mass is 301 g/mol. The molecule has 1 aliphatic heterocycles. The van der Waals surface area contributed by atoms with E-state index in [-0.39, 0.29) is 12.5 Å². The van der Waals surface area contributed by atoms with Crippen LogP contribution in [0.4, 0.5) is 0 Å². The number of oxime groups is 1. The van der Waals surface area contributed by atoms with Crippen LogP contribution in [-0.4, -0.2) is 39.6 Å². The fourth-order valence-corrected chi connectivity index (χ4v) is 2.27. The molecule has 3 rings (SSSR count). The molecular weight excluding hydrogens is 286 g/mol. The predicted molar refractivity (Wildman–Crippen MR) is 78.4 cm³/mol. The highest BCUT2D eigenvalue weighted by Crippen LogP contribution is 2.12. The van der Waals surface area contributed by atoms with Gasteiger partial charge in [-0.3, -0.25) is 9.59 Å². The van der Waals surface area contributed by atoms with Crippen molar-refractivity contribution in [2.75, 3.05) is 6.54 Å². The second-order valence-corrected chi connectivity index (χ2v) is 5.08. The van der Waals surface area contributed by atoms with Crippen molar-refractivity contribution >= 4 is 23.2 Å². The molecule has 0 aliphatic carbocycles. The van der Waals surface area contributed by atoms with Crippen molar-refractivity contribution in [1.29, 1.82) is 0 Å². The maximum absolute atomic E-state index is 12.3. The molecule has 0 saturated heterocycles. The molecule has 1 unspecified atom stereocenters. The van der Waals surface area contributed by atoms with Crippen LogP contribution in [0.3, 0.4) is 0 Å². The number of primary amides is 1. The molecule has 0 spiro atoms. The maximum Gasteiger partial charge on any atom is 0.261 e. The number of carbonyl (C=O) groups excluding carboxylic acids is 2. The van der Waals surface area contributed by atoms with Crippen molar-refractivity contribution in [3.8, 4) is 0 Å². The molecule has 2 aromatic heterocycles. The van der Waals surface area contributed by atoms with Gasteiger partial charge in [0.15, 0.2) is 0 Å². The summed E-state index contributed by atoms with van der Waals surface area (Å²) in [5, 5.41) is 6.50. The van der Waals surface area contributed by atoms with Crippen molar-refractivity contribution in [1.82, 2.24) is 14.7 Å². The predicted octanol–water partition coefficient (Wildman–Crippen LogP) is 0.00272. The lowest BCUT2D eigenvalue weighted by Crippen LogP contribution is -2.32. The van der Waals surface area contributed by atoms with Gasteiger partial charge >= 0.3 is 0 Å². The van der Waals surface area contributed by atoms with Crippen LogP contribution in [0.25, 0.3) is 5.65 Å². The van der Waals surface area contributed by atoms with Gasteiger partial charge in [-0.05, 0) is 19.1 Å². The number of carbonyl (C=O) groups is 2. The molecule has 0 fully saturated rings. The zero-order valence-electron chi connectivity index (χ0n) is 11.9. The van der Waals surface area contributed by atoms with E-state index < -0.39 is 12.0 Å². The van der Waals surface area contributed by atoms with Gasteiger partial charge in [0.1, 0.15) is 5.65 Å². The van der Waals surface area contributed by atoms with Crippen LogP contribution in [0.2, 0.25) is 0 Å². The van der Waals surface area contributed by atoms with Gasteiger partial charge in [-0.15, -0.1) is 0 Å². The lowest BCUT2D eigenvalue weighted by Gasteiger charge is -2.05. The Morgan fingerprint density at radius 1 is 1.55 bits per heavy atom. The van der Waals surface area contributed by atoms with Crippen LogP contribution in [0.1, 0.15) is 22.5 Å². The number of aromatic nitrogens is 2. The molecule has 0 radical (unpaired) electrons. The van der Waals surface area contributed by atoms with Gasteiger partial charge in [-0.1, -0.05) is 5.16 Å². The van der Waals surface area contributed by atoms with Gasteiger partial charge < -0.3 is 20.3 Å². The number of rotatable bonds is 4. The molecule has 1 atom stereocenters. The first-order chi connectivity index (χ1) is 10.5. The molecule has 2 amide bonds. The van der Waals surface area contributed by atoms with Crippen LogP contribution in [-0.2, 0) is 9.63 Å². The topological polar surface area (TPSA) is 111 Å². The van der Waals surface area contributed by atoms with Crippen LogP contribution < -0.4 is 11.1 Å². The maximum atomic E-state index is 12.3. The number of pyridine rings is 1. The normalized spacial score (nSPS) is 17.1. The Labute approximate surface area is 125 Å². The Bertz CT molecular complexity index is 780. The zero-order chi connectivity index (χ0) is 15.7. The zero-order valence-corrected chi connectivity index (χ0v) is 11.9. The fraction of sp³-hybridized carbons (Fsp3) is 0.286. The molecule has 8 heteroatoms. The number of amides is 2. The van der Waals surface area contributed by atoms with Crippen molar-refractivity contribution in [2.45, 2.75) is 19.4 Å². The summed E-state index contributed by atoms with van der Waals surface area (Å²) in [6.45, 7) is 2.06. The van der Waals surface area contributed by atoms with E-state index in [1.807, 2.05) is 19.3 Å². The standard InChI is InChI=1S/C14H15N5O3/c1-8-7-19-4-2-3-10(13(19)17-8)14(21)16-6-9-5-11(12(15)20)22-18-9/h2-4,7,11H,5-6H2,1H3,(H2,15,20)(H,16,21). The van der Waals surface area contributed by atoms with Gasteiger partial charge in [-0.2, -0.15) is 0 Å². The molecule has 0 saturated carbocycles. The minimum absolute atomic E-state index is 0.198. The van der Waals surface area contributed by atoms with Crippen molar-refractivity contribution in [3.05, 3.63) is 35.8 Å². The summed E-state index contributed by atoms with van der Waals surface area (Å²) in [4.78, 5) is 32.5. The lowest BCUT2D eigenvalue weighted by atomic mass is 10.1. The number of hydrogen-bond donors (Lipinski definition) is 2. The summed E-state index contributed by atoms with van der Waals surface area (Å²) in [6.07, 6.45) is 3.23. The van der Waals surface area contributed by atoms with E-state index in [0.29, 0.717) is 23.3 Å². The Morgan fingerprint density at radius 2 is 2.36 bits per heavy atom. The number of aryl methyl sites for hydroxylation is 1. The number of nitrogens with zero attached hydrogens (tertiary/aromatic N) is 3. The van der Waals surface area contributed by atoms with Gasteiger partial charge in [0.25, 0.3) is 11.8 Å². The highest BCUT2D eigenvalue weighted by Gasteiger charge is 2.26. The van der Waals surface area contributed by atoms with Crippen molar-refractivity contribution in [2.24, 2.45) is 10.9 Å². The highest BCUT2D eigenvalue weighted by molar-refractivity contribution is 6.02. The Morgan fingerprint density at radius 3 is 3.09 bits per heavy atom. The SMILES string of the molecule is Cc1cn2cccc(C(=O)NCC3=NOC(C(N)=O)C3)c2n1. The second-order valence-electron chi connectivity index (χ2n) is 5.08. The molecule has 1 aliphatic rings. The highest BCUT2D eigenvalue weighted by atomic mass is 16.6. The number of fused-ring (bicyclic) bond motifs is 1. The van der Waals surface area contributed by atoms with Crippen LogP contribution in [0, 0.1) is 6.92 Å². The molecule has 3 heterocycles. The van der Waals surface area contributed by atoms with E-state index in [9.17, 15) is 9.59 Å². The van der Waals surface area contributed by atoms with E-state index in [0.717, 1.165) is 5.69 Å². The minimum Gasteiger partial charge on any atom is -0.382 e. The number of nitrogens with two attached hydrogens (primary N) is 1. The molecular formula is C14H15N5O3. The first-order valence-corrected chi connectivity index (χ1v) is 6.78. The lowest BCUT2D eigenvalue weighted by molar-refractivity contribution is -0.127. The van der Waals surface area contributed by atoms with Crippen LogP contribution >= 0.6 is 0 Å². The summed E-state index contributed by atoms with van der Waals surface area (Å²) >= 11 is 0. The third-order valence-corrected chi connectivity index (χ3v) is 3.35. The summed E-state index contributed by atoms with van der Waals surface area (Å²) in [5.74, 6) is -0.830. The van der Waals surface area contributed by atoms with Crippen LogP contribution in [0.5, 0.6) is 0 Å². The van der Waals surface area contributed by atoms with Gasteiger partial charge in [0.2, 0.25) is 6.10 Å². The van der Waals surface area contributed by atoms with Gasteiger partial charge in [-0.25, -0.2) is 4.98 Å². The Hall–Kier alpha value is -2.90. The first-order valence-electron chi connectivity index (χ1n) is 6.78. The smallest absolute Gasteiger partial charge is 0.261 e. The molecule has 0 bridgehead atoms. The second kappa shape index (κ2) is 5.47. The Balaban J connectivity index is 1.68. The summed E-state index contributed by atoms with van der Waals surface area (Å²) in [6, 6.07) is 3.48. The first kappa shape index (κ1) is 14.1. The van der Waals surface area contributed by atoms with E-state index in [2.05, 4.69) is 15.5 Å². The van der Waals surface area contributed by atoms with E-state index >= 15 is 0 Å². The number of hydrogen-bond acceptors (Lipinski definition) is 5. The van der Waals surface area contributed by atoms with E-state index in [1.165, 1.54) is 0 Å². The van der Waals surface area contributed by atoms with Crippen LogP contribution in [0.15, 0.2) is 29.7 Å². The third kappa shape index (κ3) is 2.62. The van der Waals surface area contributed by atoms with E-state index in [4.69, 9.17) is 10.6 Å². The molecule has 2 aromatic rings. The fourth-order valence-electron chi connectivity index (χ4n) is 2.27. The third-order valence-electron chi connectivity index (χ3n) is 3.35. The van der Waals surface area contributed by atoms with Crippen molar-refractivity contribution < 1.29 is 14.4 Å². The molecule has 8 nitrogen and oxygen atoms in total. The quantitative estimate of drug-likeness (QED) is 0.828. The average molecular weight is 301 g/mol. The number of imidazole rings is 1. The minimum atomic E-state index is -0.745. The Kier molecular flexibility index (Phi) is 3.50.